The maximum Gasteiger partial charge on any atom is 0.317 e. The minimum absolute atomic E-state index is 0.0127. The summed E-state index contributed by atoms with van der Waals surface area (Å²) in [6.45, 7) is 9.40. The second kappa shape index (κ2) is 6.98. The summed E-state index contributed by atoms with van der Waals surface area (Å²) in [5.41, 5.74) is 0.0513. The molecule has 0 aromatic heterocycles. The number of carbonyl (C=O) groups is 1. The minimum Gasteiger partial charge on any atom is -0.393 e. The van der Waals surface area contributed by atoms with Gasteiger partial charge in [-0.05, 0) is 53.4 Å². The first-order valence-electron chi connectivity index (χ1n) is 9.07. The van der Waals surface area contributed by atoms with Crippen molar-refractivity contribution in [2.24, 2.45) is 5.92 Å². The third-order valence-corrected chi connectivity index (χ3v) is 5.24. The lowest BCUT2D eigenvalue weighted by atomic mass is 9.79. The molecule has 0 radical (unpaired) electrons. The van der Waals surface area contributed by atoms with Crippen LogP contribution in [0, 0.1) is 5.92 Å². The van der Waals surface area contributed by atoms with E-state index in [1.807, 2.05) is 7.05 Å². The van der Waals surface area contributed by atoms with E-state index in [2.05, 4.69) is 38.3 Å². The van der Waals surface area contributed by atoms with Gasteiger partial charge in [-0.3, -0.25) is 0 Å². The summed E-state index contributed by atoms with van der Waals surface area (Å²) in [6.07, 6.45) is 5.77. The van der Waals surface area contributed by atoms with Gasteiger partial charge < -0.3 is 20.6 Å². The van der Waals surface area contributed by atoms with Crippen LogP contribution in [0.15, 0.2) is 0 Å². The zero-order chi connectivity index (χ0) is 17.3. The smallest absolute Gasteiger partial charge is 0.317 e. The largest absolute Gasteiger partial charge is 0.393 e. The van der Waals surface area contributed by atoms with E-state index < -0.39 is 0 Å². The van der Waals surface area contributed by atoms with Gasteiger partial charge in [-0.25, -0.2) is 4.79 Å². The molecular weight excluding hydrogens is 290 g/mol. The Kier molecular flexibility index (Phi) is 5.62. The summed E-state index contributed by atoms with van der Waals surface area (Å²) in [5, 5.41) is 16.9. The number of piperidine rings is 1. The Hall–Kier alpha value is -0.810. The van der Waals surface area contributed by atoms with Gasteiger partial charge in [-0.2, -0.15) is 0 Å². The van der Waals surface area contributed by atoms with Crippen LogP contribution >= 0.6 is 0 Å². The summed E-state index contributed by atoms with van der Waals surface area (Å²) in [4.78, 5) is 14.3. The van der Waals surface area contributed by atoms with Gasteiger partial charge in [-0.15, -0.1) is 0 Å². The second-order valence-corrected chi connectivity index (χ2v) is 8.94. The molecule has 1 aliphatic carbocycles. The summed E-state index contributed by atoms with van der Waals surface area (Å²) in [6, 6.07) is 0.175. The van der Waals surface area contributed by atoms with Crippen LogP contribution < -0.4 is 10.6 Å². The average molecular weight is 325 g/mol. The number of aliphatic hydroxyl groups excluding tert-OH is 1. The lowest BCUT2D eigenvalue weighted by molar-refractivity contribution is 0.0556. The molecule has 2 rings (SSSR count). The third-order valence-electron chi connectivity index (χ3n) is 5.24. The molecule has 23 heavy (non-hydrogen) atoms. The predicted molar refractivity (Wildman–Crippen MR) is 93.4 cm³/mol. The van der Waals surface area contributed by atoms with Crippen molar-refractivity contribution in [3.05, 3.63) is 0 Å². The van der Waals surface area contributed by atoms with E-state index >= 15 is 0 Å². The fourth-order valence-electron chi connectivity index (χ4n) is 4.54. The van der Waals surface area contributed by atoms with Crippen LogP contribution in [0.4, 0.5) is 4.79 Å². The van der Waals surface area contributed by atoms with Crippen molar-refractivity contribution in [2.45, 2.75) is 89.4 Å². The highest BCUT2D eigenvalue weighted by Gasteiger charge is 2.38. The van der Waals surface area contributed by atoms with E-state index in [1.54, 1.807) is 4.90 Å². The van der Waals surface area contributed by atoms with Gasteiger partial charge in [0.2, 0.25) is 0 Å². The van der Waals surface area contributed by atoms with Gasteiger partial charge in [0.15, 0.2) is 0 Å². The third kappa shape index (κ3) is 5.35. The highest BCUT2D eigenvalue weighted by atomic mass is 16.3. The van der Waals surface area contributed by atoms with Crippen LogP contribution in [0.5, 0.6) is 0 Å². The standard InChI is InChI=1S/C18H35N3O2/c1-17(2)10-14(11-18(3,4)20-17)19-16(23)21(5)12-13-8-6-7-9-15(13)22/h13-15,20,22H,6-12H2,1-5H3,(H,19,23). The van der Waals surface area contributed by atoms with E-state index in [0.29, 0.717) is 6.54 Å². The molecule has 0 bridgehead atoms. The van der Waals surface area contributed by atoms with Crippen molar-refractivity contribution in [3.63, 3.8) is 0 Å². The highest BCUT2D eigenvalue weighted by molar-refractivity contribution is 5.74. The first-order valence-corrected chi connectivity index (χ1v) is 9.07. The summed E-state index contributed by atoms with van der Waals surface area (Å²) in [7, 11) is 1.84. The molecule has 1 saturated carbocycles. The number of hydrogen-bond acceptors (Lipinski definition) is 3. The van der Waals surface area contributed by atoms with Gasteiger partial charge >= 0.3 is 6.03 Å². The van der Waals surface area contributed by atoms with Crippen LogP contribution in [0.2, 0.25) is 0 Å². The number of nitrogens with zero attached hydrogens (tertiary/aromatic N) is 1. The number of amides is 2. The van der Waals surface area contributed by atoms with E-state index in [4.69, 9.17) is 0 Å². The van der Waals surface area contributed by atoms with Crippen LogP contribution in [0.3, 0.4) is 0 Å². The molecule has 2 fully saturated rings. The molecule has 3 N–H and O–H groups in total. The van der Waals surface area contributed by atoms with Gasteiger partial charge in [0.25, 0.3) is 0 Å². The van der Waals surface area contributed by atoms with Crippen molar-refractivity contribution >= 4 is 6.03 Å². The lowest BCUT2D eigenvalue weighted by Gasteiger charge is -2.47. The van der Waals surface area contributed by atoms with Gasteiger partial charge in [0, 0.05) is 36.6 Å². The van der Waals surface area contributed by atoms with Crippen molar-refractivity contribution in [1.29, 1.82) is 0 Å². The molecule has 5 nitrogen and oxygen atoms in total. The Morgan fingerprint density at radius 2 is 1.74 bits per heavy atom. The quantitative estimate of drug-likeness (QED) is 0.747. The molecule has 2 amide bonds. The Morgan fingerprint density at radius 3 is 2.30 bits per heavy atom. The van der Waals surface area contributed by atoms with Crippen molar-refractivity contribution in [3.8, 4) is 0 Å². The van der Waals surface area contributed by atoms with Crippen LogP contribution in [-0.4, -0.2) is 52.9 Å². The lowest BCUT2D eigenvalue weighted by Crippen LogP contribution is -2.63. The number of urea groups is 1. The zero-order valence-electron chi connectivity index (χ0n) is 15.5. The minimum atomic E-state index is -0.254. The van der Waals surface area contributed by atoms with Crippen molar-refractivity contribution < 1.29 is 9.90 Å². The first kappa shape index (κ1) is 18.5. The van der Waals surface area contributed by atoms with E-state index in [0.717, 1.165) is 38.5 Å². The number of hydrogen-bond donors (Lipinski definition) is 3. The molecule has 5 heteroatoms. The summed E-state index contributed by atoms with van der Waals surface area (Å²) in [5.74, 6) is 0.223. The maximum absolute atomic E-state index is 12.5. The molecule has 1 heterocycles. The summed E-state index contributed by atoms with van der Waals surface area (Å²) < 4.78 is 0. The monoisotopic (exact) mass is 325 g/mol. The molecule has 2 unspecified atom stereocenters. The topological polar surface area (TPSA) is 64.6 Å². The fraction of sp³-hybridized carbons (Fsp3) is 0.944. The average Bonchev–Trinajstić information content (AvgIpc) is 2.37. The highest BCUT2D eigenvalue weighted by Crippen LogP contribution is 2.29. The Bertz CT molecular complexity index is 406. The molecule has 1 aliphatic heterocycles. The van der Waals surface area contributed by atoms with Gasteiger partial charge in [0.1, 0.15) is 0 Å². The summed E-state index contributed by atoms with van der Waals surface area (Å²) >= 11 is 0. The molecule has 0 spiro atoms. The Balaban J connectivity index is 1.87. The number of nitrogens with one attached hydrogen (secondary N) is 2. The normalized spacial score (nSPS) is 30.7. The molecule has 134 valence electrons. The number of carbonyl (C=O) groups excluding carboxylic acids is 1. The SMILES string of the molecule is CN(CC1CCCCC1O)C(=O)NC1CC(C)(C)NC(C)(C)C1. The molecule has 2 aliphatic rings. The Morgan fingerprint density at radius 1 is 1.17 bits per heavy atom. The number of aliphatic hydroxyl groups is 1. The molecular formula is C18H35N3O2. The maximum atomic E-state index is 12.5. The van der Waals surface area contributed by atoms with Crippen molar-refractivity contribution in [1.82, 2.24) is 15.5 Å². The Labute approximate surface area is 141 Å². The number of rotatable bonds is 3. The fourth-order valence-corrected chi connectivity index (χ4v) is 4.54. The second-order valence-electron chi connectivity index (χ2n) is 8.94. The molecule has 2 atom stereocenters. The molecule has 0 aromatic rings. The van der Waals surface area contributed by atoms with Crippen LogP contribution in [0.1, 0.15) is 66.2 Å². The van der Waals surface area contributed by atoms with E-state index in [-0.39, 0.29) is 35.2 Å². The van der Waals surface area contributed by atoms with Gasteiger partial charge in [0.05, 0.1) is 6.10 Å². The van der Waals surface area contributed by atoms with Crippen LogP contribution in [0.25, 0.3) is 0 Å². The predicted octanol–water partition coefficient (Wildman–Crippen LogP) is 2.49. The zero-order valence-corrected chi connectivity index (χ0v) is 15.5. The van der Waals surface area contributed by atoms with Crippen molar-refractivity contribution in [2.75, 3.05) is 13.6 Å². The molecule has 0 aromatic carbocycles. The van der Waals surface area contributed by atoms with Crippen LogP contribution in [-0.2, 0) is 0 Å². The van der Waals surface area contributed by atoms with Gasteiger partial charge in [-0.1, -0.05) is 12.8 Å². The first-order chi connectivity index (χ1) is 10.6. The van der Waals surface area contributed by atoms with E-state index in [9.17, 15) is 9.90 Å². The molecule has 1 saturated heterocycles. The van der Waals surface area contributed by atoms with E-state index in [1.165, 1.54) is 0 Å².